The minimum absolute atomic E-state index is 0.113. The molecule has 2 heterocycles. The predicted molar refractivity (Wildman–Crippen MR) is 71.5 cm³/mol. The first-order valence-corrected chi connectivity index (χ1v) is 6.35. The monoisotopic (exact) mass is 264 g/mol. The van der Waals surface area contributed by atoms with Gasteiger partial charge in [0.25, 0.3) is 5.91 Å². The molecule has 1 fully saturated rings. The van der Waals surface area contributed by atoms with E-state index in [0.29, 0.717) is 5.82 Å². The Hall–Kier alpha value is -1.85. The maximum Gasteiger partial charge on any atom is 0.252 e. The van der Waals surface area contributed by atoms with Gasteiger partial charge in [0.2, 0.25) is 5.91 Å². The molecule has 0 saturated carbocycles. The fraction of sp³-hybridized carbons (Fsp3) is 0.615. The molecule has 19 heavy (non-hydrogen) atoms. The number of nitrogens with zero attached hydrogens (tertiary/aromatic N) is 3. The summed E-state index contributed by atoms with van der Waals surface area (Å²) in [5.41, 5.74) is -0.333. The molecule has 2 unspecified atom stereocenters. The molecule has 1 aromatic rings. The van der Waals surface area contributed by atoms with E-state index in [1.165, 1.54) is 4.90 Å². The Bertz CT molecular complexity index is 515. The van der Waals surface area contributed by atoms with Gasteiger partial charge < -0.3 is 5.32 Å². The van der Waals surface area contributed by atoms with Gasteiger partial charge in [0.1, 0.15) is 12.1 Å². The lowest BCUT2D eigenvalue weighted by molar-refractivity contribution is -0.136. The number of carbonyl (C=O) groups excluding carboxylic acids is 2. The molecule has 2 atom stereocenters. The molecular formula is C13H20N4O2. The molecule has 6 heteroatoms. The van der Waals surface area contributed by atoms with Crippen LogP contribution in [0, 0.1) is 5.41 Å². The molecule has 0 radical (unpaired) electrons. The van der Waals surface area contributed by atoms with Crippen LogP contribution < -0.4 is 10.2 Å². The van der Waals surface area contributed by atoms with Gasteiger partial charge in [0, 0.05) is 19.3 Å². The molecule has 1 aromatic heterocycles. The van der Waals surface area contributed by atoms with Crippen LogP contribution in [0.3, 0.4) is 0 Å². The normalized spacial score (nSPS) is 24.6. The zero-order chi connectivity index (χ0) is 14.4. The third-order valence-electron chi connectivity index (χ3n) is 3.35. The molecule has 2 rings (SSSR count). The van der Waals surface area contributed by atoms with Crippen molar-refractivity contribution in [2.75, 3.05) is 4.90 Å². The molecule has 1 saturated heterocycles. The van der Waals surface area contributed by atoms with Gasteiger partial charge in [-0.3, -0.25) is 19.2 Å². The summed E-state index contributed by atoms with van der Waals surface area (Å²) in [7, 11) is 1.78. The maximum atomic E-state index is 12.6. The second kappa shape index (κ2) is 4.36. The van der Waals surface area contributed by atoms with Crippen molar-refractivity contribution in [3.05, 3.63) is 12.3 Å². The zero-order valence-corrected chi connectivity index (χ0v) is 12.0. The number of piperazine rings is 1. The number of aryl methyl sites for hydroxylation is 1. The number of aromatic nitrogens is 2. The number of hydrogen-bond acceptors (Lipinski definition) is 3. The quantitative estimate of drug-likeness (QED) is 0.811. The van der Waals surface area contributed by atoms with E-state index in [-0.39, 0.29) is 17.2 Å². The first-order valence-electron chi connectivity index (χ1n) is 6.35. The zero-order valence-electron chi connectivity index (χ0n) is 12.0. The standard InChI is InChI=1S/C13H20N4O2/c1-8-11(18)14-10(13(2,3)4)12(19)17(8)9-6-7-16(5)15-9/h6-8,10H,1-5H3,(H,14,18). The second-order valence-electron chi connectivity index (χ2n) is 6.04. The summed E-state index contributed by atoms with van der Waals surface area (Å²) in [4.78, 5) is 26.1. The molecule has 0 aliphatic carbocycles. The maximum absolute atomic E-state index is 12.6. The van der Waals surface area contributed by atoms with Gasteiger partial charge in [-0.15, -0.1) is 0 Å². The van der Waals surface area contributed by atoms with Gasteiger partial charge in [-0.25, -0.2) is 0 Å². The summed E-state index contributed by atoms with van der Waals surface area (Å²) in [6, 6.07) is 0.673. The average molecular weight is 264 g/mol. The minimum Gasteiger partial charge on any atom is -0.342 e. The molecule has 2 amide bonds. The predicted octanol–water partition coefficient (Wildman–Crippen LogP) is 0.686. The van der Waals surface area contributed by atoms with E-state index in [2.05, 4.69) is 10.4 Å². The summed E-state index contributed by atoms with van der Waals surface area (Å²) >= 11 is 0. The van der Waals surface area contributed by atoms with Gasteiger partial charge in [0.05, 0.1) is 0 Å². The molecule has 1 aliphatic rings. The first-order chi connectivity index (χ1) is 8.71. The van der Waals surface area contributed by atoms with E-state index in [1.54, 1.807) is 30.9 Å². The molecule has 1 aliphatic heterocycles. The Morgan fingerprint density at radius 2 is 1.95 bits per heavy atom. The van der Waals surface area contributed by atoms with Crippen LogP contribution in [0.5, 0.6) is 0 Å². The lowest BCUT2D eigenvalue weighted by Crippen LogP contribution is -2.66. The Kier molecular flexibility index (Phi) is 3.12. The van der Waals surface area contributed by atoms with Gasteiger partial charge >= 0.3 is 0 Å². The molecule has 0 aromatic carbocycles. The molecule has 6 nitrogen and oxygen atoms in total. The Morgan fingerprint density at radius 1 is 1.32 bits per heavy atom. The molecule has 0 bridgehead atoms. The smallest absolute Gasteiger partial charge is 0.252 e. The number of nitrogens with one attached hydrogen (secondary N) is 1. The van der Waals surface area contributed by atoms with E-state index >= 15 is 0 Å². The highest BCUT2D eigenvalue weighted by Gasteiger charge is 2.44. The van der Waals surface area contributed by atoms with Crippen LogP contribution in [-0.2, 0) is 16.6 Å². The van der Waals surface area contributed by atoms with Crippen molar-refractivity contribution in [2.45, 2.75) is 39.8 Å². The summed E-state index contributed by atoms with van der Waals surface area (Å²) in [5, 5.41) is 7.03. The van der Waals surface area contributed by atoms with E-state index in [9.17, 15) is 9.59 Å². The molecular weight excluding hydrogens is 244 g/mol. The van der Waals surface area contributed by atoms with Crippen LogP contribution in [0.4, 0.5) is 5.82 Å². The highest BCUT2D eigenvalue weighted by atomic mass is 16.2. The van der Waals surface area contributed by atoms with Crippen LogP contribution >= 0.6 is 0 Å². The van der Waals surface area contributed by atoms with E-state index in [4.69, 9.17) is 0 Å². The third kappa shape index (κ3) is 2.34. The van der Waals surface area contributed by atoms with Gasteiger partial charge in [0.15, 0.2) is 5.82 Å². The van der Waals surface area contributed by atoms with Gasteiger partial charge in [-0.2, -0.15) is 5.10 Å². The number of amides is 2. The lowest BCUT2D eigenvalue weighted by Gasteiger charge is -2.41. The van der Waals surface area contributed by atoms with Gasteiger partial charge in [-0.05, 0) is 12.3 Å². The SMILES string of the molecule is CC1C(=O)NC(C(C)(C)C)C(=O)N1c1ccn(C)n1. The first kappa shape index (κ1) is 13.6. The fourth-order valence-electron chi connectivity index (χ4n) is 2.20. The van der Waals surface area contributed by atoms with E-state index < -0.39 is 12.1 Å². The van der Waals surface area contributed by atoms with Crippen LogP contribution in [-0.4, -0.2) is 33.7 Å². The van der Waals surface area contributed by atoms with Gasteiger partial charge in [-0.1, -0.05) is 20.8 Å². The van der Waals surface area contributed by atoms with Crippen LogP contribution in [0.1, 0.15) is 27.7 Å². The molecule has 1 N–H and O–H groups in total. The van der Waals surface area contributed by atoms with Crippen molar-refractivity contribution in [3.8, 4) is 0 Å². The van der Waals surface area contributed by atoms with E-state index in [0.717, 1.165) is 0 Å². The van der Waals surface area contributed by atoms with Crippen LogP contribution in [0.15, 0.2) is 12.3 Å². The summed E-state index contributed by atoms with van der Waals surface area (Å²) < 4.78 is 1.62. The van der Waals surface area contributed by atoms with Crippen molar-refractivity contribution in [3.63, 3.8) is 0 Å². The van der Waals surface area contributed by atoms with Crippen molar-refractivity contribution < 1.29 is 9.59 Å². The molecule has 0 spiro atoms. The van der Waals surface area contributed by atoms with Crippen LogP contribution in [0.25, 0.3) is 0 Å². The minimum atomic E-state index is -0.541. The fourth-order valence-corrected chi connectivity index (χ4v) is 2.20. The Balaban J connectivity index is 2.40. The van der Waals surface area contributed by atoms with Crippen LogP contribution in [0.2, 0.25) is 0 Å². The third-order valence-corrected chi connectivity index (χ3v) is 3.35. The average Bonchev–Trinajstić information content (AvgIpc) is 2.69. The Morgan fingerprint density at radius 3 is 2.42 bits per heavy atom. The number of anilines is 1. The summed E-state index contributed by atoms with van der Waals surface area (Å²) in [6.07, 6.45) is 1.76. The Labute approximate surface area is 112 Å². The topological polar surface area (TPSA) is 67.2 Å². The van der Waals surface area contributed by atoms with Crippen molar-refractivity contribution in [1.29, 1.82) is 0 Å². The van der Waals surface area contributed by atoms with Crippen molar-refractivity contribution in [1.82, 2.24) is 15.1 Å². The highest BCUT2D eigenvalue weighted by molar-refractivity contribution is 6.08. The van der Waals surface area contributed by atoms with Crippen molar-refractivity contribution >= 4 is 17.6 Å². The lowest BCUT2D eigenvalue weighted by atomic mass is 9.84. The highest BCUT2D eigenvalue weighted by Crippen LogP contribution is 2.27. The summed E-state index contributed by atoms with van der Waals surface area (Å²) in [6.45, 7) is 7.51. The largest absolute Gasteiger partial charge is 0.342 e. The number of hydrogen-bond donors (Lipinski definition) is 1. The number of rotatable bonds is 1. The summed E-state index contributed by atoms with van der Waals surface area (Å²) in [5.74, 6) is 0.257. The number of carbonyl (C=O) groups is 2. The van der Waals surface area contributed by atoms with E-state index in [1.807, 2.05) is 20.8 Å². The second-order valence-corrected chi connectivity index (χ2v) is 6.04. The molecule has 104 valence electrons. The van der Waals surface area contributed by atoms with Crippen molar-refractivity contribution in [2.24, 2.45) is 12.5 Å².